The highest BCUT2D eigenvalue weighted by Crippen LogP contribution is 2.33. The number of morpholine rings is 1. The number of esters is 1. The Kier molecular flexibility index (Phi) is 15.2. The van der Waals surface area contributed by atoms with Crippen molar-refractivity contribution in [2.75, 3.05) is 62.5 Å². The maximum Gasteiger partial charge on any atom is 0.342 e. The van der Waals surface area contributed by atoms with Crippen LogP contribution in [0.25, 0.3) is 33.3 Å². The van der Waals surface area contributed by atoms with Gasteiger partial charge in [-0.25, -0.2) is 19.2 Å². The number of thiocarbonyl (C=S) groups is 1. The number of para-hydroxylation sites is 1. The Hall–Kier alpha value is -8.40. The molecule has 4 aromatic carbocycles. The standard InChI is InChI=1S/C49H47N11O9S/c50-48-58-44-42(46(65)59-48)55-36(27-54-44)26-53-33-13-9-31(10-14-33)45(64)56-35(28-61)17-18-40(63)51-19-20-52-49(70)57-34-15-11-32(12-16-34)47(66)68-29-60(21-23-67-24-22-60)41-25-39(62)38-8-4-7-37(43(38)69-41)30-5-2-1-3-6-30/h1-16,25,27-28,35H,17-24,26,29H2,(H7-,50,51,52,53,54,56,57,58,59,63,64,65,66,70)/p+1. The minimum absolute atomic E-state index is 0.0130. The van der Waals surface area contributed by atoms with E-state index in [1.54, 1.807) is 54.6 Å². The third-order valence-electron chi connectivity index (χ3n) is 11.4. The minimum Gasteiger partial charge on any atom is -0.411 e. The van der Waals surface area contributed by atoms with Crippen molar-refractivity contribution >= 4 is 86.7 Å². The van der Waals surface area contributed by atoms with Crippen molar-refractivity contribution in [1.29, 1.82) is 0 Å². The number of aromatic amines is 1. The number of nitrogen functional groups attached to an aromatic ring is 1. The molecule has 1 aliphatic rings. The van der Waals surface area contributed by atoms with E-state index in [2.05, 4.69) is 46.5 Å². The second-order valence-corrected chi connectivity index (χ2v) is 16.6. The van der Waals surface area contributed by atoms with Crippen molar-refractivity contribution in [1.82, 2.24) is 40.4 Å². The SMILES string of the molecule is Nc1nc2ncc(CNc3ccc(C(=O)NC(C=O)CCC(=O)NCCNC(=S)Nc4ccc(C(=O)OC[N+]5(c6cc(=O)c7cccc(-c8ccccc8)c7o6)CCOCC5)cc4)cc3)nc2c(=O)[nH]1. The Morgan fingerprint density at radius 2 is 1.61 bits per heavy atom. The highest BCUT2D eigenvalue weighted by molar-refractivity contribution is 7.80. The summed E-state index contributed by atoms with van der Waals surface area (Å²) in [6.07, 6.45) is 2.13. The van der Waals surface area contributed by atoms with E-state index < -0.39 is 23.5 Å². The average Bonchev–Trinajstić information content (AvgIpc) is 3.38. The molecule has 0 spiro atoms. The minimum atomic E-state index is -0.893. The van der Waals surface area contributed by atoms with E-state index in [0.29, 0.717) is 84.2 Å². The lowest BCUT2D eigenvalue weighted by Crippen LogP contribution is -2.58. The Morgan fingerprint density at radius 1 is 0.886 bits per heavy atom. The first kappa shape index (κ1) is 48.1. The van der Waals surface area contributed by atoms with Crippen LogP contribution in [0.3, 0.4) is 0 Å². The third kappa shape index (κ3) is 11.8. The zero-order valence-corrected chi connectivity index (χ0v) is 38.4. The highest BCUT2D eigenvalue weighted by atomic mass is 32.1. The van der Waals surface area contributed by atoms with E-state index in [9.17, 15) is 28.8 Å². The normalized spacial score (nSPS) is 13.4. The maximum absolute atomic E-state index is 13.4. The third-order valence-corrected chi connectivity index (χ3v) is 11.7. The number of anilines is 3. The molecule has 1 atom stereocenters. The van der Waals surface area contributed by atoms with Crippen LogP contribution in [0.5, 0.6) is 0 Å². The van der Waals surface area contributed by atoms with E-state index in [1.807, 2.05) is 42.5 Å². The number of nitrogens with one attached hydrogen (secondary N) is 6. The number of quaternary nitrogens is 1. The van der Waals surface area contributed by atoms with E-state index in [-0.39, 0.29) is 70.7 Å². The molecule has 358 valence electrons. The monoisotopic (exact) mass is 966 g/mol. The van der Waals surface area contributed by atoms with Crippen LogP contribution < -0.4 is 47.8 Å². The van der Waals surface area contributed by atoms with Gasteiger partial charge in [0.2, 0.25) is 18.6 Å². The topological polar surface area (TPSA) is 275 Å². The lowest BCUT2D eigenvalue weighted by Gasteiger charge is -2.37. The fraction of sp³-hybridized carbons (Fsp3) is 0.224. The molecule has 0 bridgehead atoms. The van der Waals surface area contributed by atoms with Gasteiger partial charge in [0.05, 0.1) is 54.7 Å². The number of fused-ring (bicyclic) bond motifs is 2. The molecular weight excluding hydrogens is 919 g/mol. The number of carbonyl (C=O) groups excluding carboxylic acids is 4. The van der Waals surface area contributed by atoms with Gasteiger partial charge in [0, 0.05) is 42.0 Å². The second-order valence-electron chi connectivity index (χ2n) is 16.2. The molecule has 8 rings (SSSR count). The van der Waals surface area contributed by atoms with Crippen LogP contribution in [0, 0.1) is 0 Å². The molecule has 70 heavy (non-hydrogen) atoms. The van der Waals surface area contributed by atoms with E-state index in [4.69, 9.17) is 31.8 Å². The molecule has 21 heteroatoms. The quantitative estimate of drug-likeness (QED) is 0.0210. The Balaban J connectivity index is 0.745. The molecule has 20 nitrogen and oxygen atoms in total. The van der Waals surface area contributed by atoms with Gasteiger partial charge in [0.25, 0.3) is 11.5 Å². The summed E-state index contributed by atoms with van der Waals surface area (Å²) >= 11 is 5.42. The van der Waals surface area contributed by atoms with E-state index in [1.165, 1.54) is 12.3 Å². The van der Waals surface area contributed by atoms with Gasteiger partial charge < -0.3 is 51.0 Å². The summed E-state index contributed by atoms with van der Waals surface area (Å²) in [5.74, 6) is -1.02. The molecule has 1 fully saturated rings. The summed E-state index contributed by atoms with van der Waals surface area (Å²) in [7, 11) is 0. The number of aldehydes is 1. The van der Waals surface area contributed by atoms with Gasteiger partial charge in [-0.3, -0.25) is 24.2 Å². The molecule has 1 aliphatic heterocycles. The Morgan fingerprint density at radius 3 is 2.37 bits per heavy atom. The molecular formula is C49H48N11O9S+. The number of rotatable bonds is 18. The number of carbonyl (C=O) groups is 4. The number of aromatic nitrogens is 4. The molecule has 0 radical (unpaired) electrons. The van der Waals surface area contributed by atoms with Gasteiger partial charge >= 0.3 is 11.9 Å². The maximum atomic E-state index is 13.4. The van der Waals surface area contributed by atoms with Crippen molar-refractivity contribution in [3.63, 3.8) is 0 Å². The molecule has 4 heterocycles. The summed E-state index contributed by atoms with van der Waals surface area (Å²) in [4.78, 5) is 90.9. The van der Waals surface area contributed by atoms with Crippen LogP contribution >= 0.6 is 12.2 Å². The zero-order chi connectivity index (χ0) is 49.0. The van der Waals surface area contributed by atoms with Crippen molar-refractivity contribution in [3.05, 3.63) is 147 Å². The van der Waals surface area contributed by atoms with Gasteiger partial charge in [-0.15, -0.1) is 0 Å². The van der Waals surface area contributed by atoms with Crippen molar-refractivity contribution < 1.29 is 33.1 Å². The fourth-order valence-electron chi connectivity index (χ4n) is 7.65. The number of benzene rings is 4. The number of nitrogens with two attached hydrogens (primary N) is 1. The van der Waals surface area contributed by atoms with Crippen molar-refractivity contribution in [2.45, 2.75) is 25.4 Å². The Labute approximate surface area is 404 Å². The van der Waals surface area contributed by atoms with Crippen LogP contribution in [0.15, 0.2) is 123 Å². The molecule has 7 aromatic rings. The average molecular weight is 967 g/mol. The lowest BCUT2D eigenvalue weighted by molar-refractivity contribution is -0.121. The largest absolute Gasteiger partial charge is 0.411 e. The second kappa shape index (κ2) is 22.1. The Bertz CT molecular complexity index is 3160. The van der Waals surface area contributed by atoms with Gasteiger partial charge in [0.1, 0.15) is 19.4 Å². The number of hydrogen-bond donors (Lipinski definition) is 7. The first-order valence-electron chi connectivity index (χ1n) is 22.2. The predicted molar refractivity (Wildman–Crippen MR) is 267 cm³/mol. The summed E-state index contributed by atoms with van der Waals surface area (Å²) < 4.78 is 18.1. The molecule has 0 saturated carbocycles. The number of hydrogen-bond acceptors (Lipinski definition) is 15. The number of amides is 2. The van der Waals surface area contributed by atoms with Crippen molar-refractivity contribution in [2.24, 2.45) is 0 Å². The molecule has 2 amide bonds. The number of H-pyrrole nitrogens is 1. The summed E-state index contributed by atoms with van der Waals surface area (Å²) in [6.45, 7) is 2.31. The molecule has 8 N–H and O–H groups in total. The zero-order valence-electron chi connectivity index (χ0n) is 37.6. The molecule has 0 aliphatic carbocycles. The van der Waals surface area contributed by atoms with Crippen LogP contribution in [0.4, 0.5) is 23.2 Å². The lowest BCUT2D eigenvalue weighted by atomic mass is 10.0. The van der Waals surface area contributed by atoms with Crippen molar-refractivity contribution in [3.8, 4) is 11.1 Å². The van der Waals surface area contributed by atoms with E-state index in [0.717, 1.165) is 11.1 Å². The first-order chi connectivity index (χ1) is 34.0. The van der Waals surface area contributed by atoms with E-state index >= 15 is 0 Å². The smallest absolute Gasteiger partial charge is 0.342 e. The summed E-state index contributed by atoms with van der Waals surface area (Å²) in [6, 6.07) is 28.8. The number of nitrogens with zero attached hydrogens (tertiary/aromatic N) is 4. The van der Waals surface area contributed by atoms with Gasteiger partial charge in [-0.1, -0.05) is 42.5 Å². The van der Waals surface area contributed by atoms with Crippen LogP contribution in [-0.2, 0) is 25.6 Å². The highest BCUT2D eigenvalue weighted by Gasteiger charge is 2.38. The molecule has 3 aromatic heterocycles. The van der Waals surface area contributed by atoms with Crippen LogP contribution in [0.2, 0.25) is 0 Å². The first-order valence-corrected chi connectivity index (χ1v) is 22.6. The van der Waals surface area contributed by atoms with Gasteiger partial charge in [-0.2, -0.15) is 4.98 Å². The van der Waals surface area contributed by atoms with Gasteiger partial charge in [-0.05, 0) is 78.8 Å². The molecule has 1 saturated heterocycles. The molecule has 1 unspecified atom stereocenters. The van der Waals surface area contributed by atoms with Crippen LogP contribution in [-0.4, -0.2) is 101 Å². The fourth-order valence-corrected chi connectivity index (χ4v) is 7.87. The van der Waals surface area contributed by atoms with Crippen LogP contribution in [0.1, 0.15) is 39.3 Å². The number of ether oxygens (including phenoxy) is 2. The summed E-state index contributed by atoms with van der Waals surface area (Å²) in [5.41, 5.74) is 9.58. The summed E-state index contributed by atoms with van der Waals surface area (Å²) in [5, 5.41) is 15.3. The van der Waals surface area contributed by atoms with Gasteiger partial charge in [0.15, 0.2) is 27.3 Å². The predicted octanol–water partition coefficient (Wildman–Crippen LogP) is 4.01.